The predicted molar refractivity (Wildman–Crippen MR) is 105 cm³/mol. The average molecular weight is 357 g/mol. The Balaban J connectivity index is 1.33. The van der Waals surface area contributed by atoms with Crippen molar-refractivity contribution in [2.45, 2.75) is 31.7 Å². The third kappa shape index (κ3) is 5.53. The molecule has 1 fully saturated rings. The van der Waals surface area contributed by atoms with Crippen molar-refractivity contribution in [1.29, 1.82) is 0 Å². The summed E-state index contributed by atoms with van der Waals surface area (Å²) < 4.78 is 0. The molecule has 5 heteroatoms. The zero-order valence-corrected chi connectivity index (χ0v) is 16.1. The predicted octanol–water partition coefficient (Wildman–Crippen LogP) is 3.39. The van der Waals surface area contributed by atoms with Crippen LogP contribution < -0.4 is 0 Å². The van der Waals surface area contributed by atoms with E-state index in [0.29, 0.717) is 0 Å². The van der Waals surface area contributed by atoms with Gasteiger partial charge in [0.2, 0.25) is 0 Å². The molecule has 0 atom stereocenters. The summed E-state index contributed by atoms with van der Waals surface area (Å²) in [4.78, 5) is 15.0. The van der Waals surface area contributed by atoms with Gasteiger partial charge in [0.15, 0.2) is 0 Å². The Morgan fingerprint density at radius 3 is 2.44 bits per heavy atom. The van der Waals surface area contributed by atoms with Gasteiger partial charge in [0.05, 0.1) is 0 Å². The van der Waals surface area contributed by atoms with Crippen molar-refractivity contribution in [3.63, 3.8) is 0 Å². The maximum atomic E-state index is 4.35. The number of pyridine rings is 2. The number of thioether (sulfide) groups is 1. The fourth-order valence-corrected chi connectivity index (χ4v) is 4.18. The second-order valence-corrected chi connectivity index (χ2v) is 7.83. The van der Waals surface area contributed by atoms with E-state index in [1.54, 1.807) is 0 Å². The van der Waals surface area contributed by atoms with Crippen LogP contribution in [-0.2, 0) is 6.54 Å². The fraction of sp³-hybridized carbons (Fsp3) is 0.500. The SMILES string of the molecule is Cc1nccc(SCCCN2CCN(Cc3ccncc3)CC2)c1C. The van der Waals surface area contributed by atoms with Gasteiger partial charge in [-0.25, -0.2) is 0 Å². The number of aryl methyl sites for hydroxylation is 1. The molecule has 1 aliphatic heterocycles. The van der Waals surface area contributed by atoms with Gasteiger partial charge in [-0.05, 0) is 61.9 Å². The van der Waals surface area contributed by atoms with Crippen LogP contribution >= 0.6 is 11.8 Å². The van der Waals surface area contributed by atoms with Crippen LogP contribution in [0.2, 0.25) is 0 Å². The first kappa shape index (κ1) is 18.4. The quantitative estimate of drug-likeness (QED) is 0.561. The molecule has 0 aromatic carbocycles. The minimum Gasteiger partial charge on any atom is -0.301 e. The third-order valence-corrected chi connectivity index (χ3v) is 6.15. The van der Waals surface area contributed by atoms with E-state index in [9.17, 15) is 0 Å². The molecule has 0 bridgehead atoms. The van der Waals surface area contributed by atoms with Gasteiger partial charge in [-0.1, -0.05) is 0 Å². The molecule has 1 aliphatic rings. The van der Waals surface area contributed by atoms with Crippen LogP contribution in [0, 0.1) is 13.8 Å². The van der Waals surface area contributed by atoms with E-state index in [-0.39, 0.29) is 0 Å². The van der Waals surface area contributed by atoms with E-state index in [1.165, 1.54) is 47.8 Å². The molecule has 3 heterocycles. The minimum atomic E-state index is 1.05. The lowest BCUT2D eigenvalue weighted by Gasteiger charge is -2.34. The van der Waals surface area contributed by atoms with E-state index in [0.717, 1.165) is 25.3 Å². The molecule has 25 heavy (non-hydrogen) atoms. The van der Waals surface area contributed by atoms with Gasteiger partial charge in [0, 0.05) is 61.9 Å². The molecular formula is C20H28N4S. The molecule has 3 rings (SSSR count). The Morgan fingerprint density at radius 1 is 0.960 bits per heavy atom. The first-order valence-electron chi connectivity index (χ1n) is 9.11. The number of nitrogens with zero attached hydrogens (tertiary/aromatic N) is 4. The van der Waals surface area contributed by atoms with E-state index in [4.69, 9.17) is 0 Å². The molecule has 2 aromatic heterocycles. The Bertz CT molecular complexity index is 654. The van der Waals surface area contributed by atoms with Gasteiger partial charge in [-0.15, -0.1) is 11.8 Å². The number of hydrogen-bond donors (Lipinski definition) is 0. The smallest absolute Gasteiger partial charge is 0.0412 e. The molecule has 134 valence electrons. The second-order valence-electron chi connectivity index (χ2n) is 6.69. The van der Waals surface area contributed by atoms with Crippen LogP contribution in [0.15, 0.2) is 41.7 Å². The highest BCUT2D eigenvalue weighted by Gasteiger charge is 2.16. The van der Waals surface area contributed by atoms with Crippen molar-refractivity contribution < 1.29 is 0 Å². The van der Waals surface area contributed by atoms with Crippen molar-refractivity contribution >= 4 is 11.8 Å². The Labute approximate surface area is 155 Å². The molecule has 0 unspecified atom stereocenters. The molecule has 4 nitrogen and oxygen atoms in total. The van der Waals surface area contributed by atoms with Crippen LogP contribution in [0.3, 0.4) is 0 Å². The average Bonchev–Trinajstić information content (AvgIpc) is 2.64. The summed E-state index contributed by atoms with van der Waals surface area (Å²) in [5.74, 6) is 1.18. The molecular weight excluding hydrogens is 328 g/mol. The summed E-state index contributed by atoms with van der Waals surface area (Å²) in [6.07, 6.45) is 6.94. The molecule has 0 N–H and O–H groups in total. The first-order valence-corrected chi connectivity index (χ1v) is 10.1. The van der Waals surface area contributed by atoms with Crippen molar-refractivity contribution in [3.8, 4) is 0 Å². The number of rotatable bonds is 7. The van der Waals surface area contributed by atoms with Crippen molar-refractivity contribution in [2.24, 2.45) is 0 Å². The van der Waals surface area contributed by atoms with Crippen LogP contribution in [0.25, 0.3) is 0 Å². The largest absolute Gasteiger partial charge is 0.301 e. The van der Waals surface area contributed by atoms with E-state index >= 15 is 0 Å². The van der Waals surface area contributed by atoms with Crippen LogP contribution in [-0.4, -0.2) is 58.2 Å². The Hall–Kier alpha value is -1.43. The highest BCUT2D eigenvalue weighted by molar-refractivity contribution is 7.99. The highest BCUT2D eigenvalue weighted by Crippen LogP contribution is 2.23. The summed E-state index contributed by atoms with van der Waals surface area (Å²) >= 11 is 1.97. The maximum Gasteiger partial charge on any atom is 0.0412 e. The molecule has 1 saturated heterocycles. The molecule has 2 aromatic rings. The molecule has 0 spiro atoms. The lowest BCUT2D eigenvalue weighted by atomic mass is 10.2. The van der Waals surface area contributed by atoms with Gasteiger partial charge in [0.25, 0.3) is 0 Å². The van der Waals surface area contributed by atoms with Gasteiger partial charge >= 0.3 is 0 Å². The van der Waals surface area contributed by atoms with Gasteiger partial charge in [-0.3, -0.25) is 14.9 Å². The molecule has 0 saturated carbocycles. The summed E-state index contributed by atoms with van der Waals surface area (Å²) in [5.41, 5.74) is 3.84. The van der Waals surface area contributed by atoms with Crippen LogP contribution in [0.5, 0.6) is 0 Å². The zero-order valence-electron chi connectivity index (χ0n) is 15.3. The van der Waals surface area contributed by atoms with E-state index in [1.807, 2.05) is 30.4 Å². The van der Waals surface area contributed by atoms with Crippen LogP contribution in [0.1, 0.15) is 23.2 Å². The van der Waals surface area contributed by atoms with Gasteiger partial charge in [-0.2, -0.15) is 0 Å². The second kappa shape index (κ2) is 9.32. The number of aromatic nitrogens is 2. The topological polar surface area (TPSA) is 32.3 Å². The van der Waals surface area contributed by atoms with E-state index < -0.39 is 0 Å². The summed E-state index contributed by atoms with van der Waals surface area (Å²) in [5, 5.41) is 0. The monoisotopic (exact) mass is 356 g/mol. The Morgan fingerprint density at radius 2 is 1.68 bits per heavy atom. The van der Waals surface area contributed by atoms with Crippen LogP contribution in [0.4, 0.5) is 0 Å². The van der Waals surface area contributed by atoms with Crippen molar-refractivity contribution in [3.05, 3.63) is 53.6 Å². The van der Waals surface area contributed by atoms with E-state index in [2.05, 4.69) is 51.8 Å². The lowest BCUT2D eigenvalue weighted by Crippen LogP contribution is -2.46. The lowest BCUT2D eigenvalue weighted by molar-refractivity contribution is 0.127. The zero-order chi connectivity index (χ0) is 17.5. The normalized spacial score (nSPS) is 16.2. The number of hydrogen-bond acceptors (Lipinski definition) is 5. The Kier molecular flexibility index (Phi) is 6.84. The molecule has 0 amide bonds. The number of piperazine rings is 1. The standard InChI is InChI=1S/C20H28N4S/c1-17-18(2)22-9-6-20(17)25-15-3-10-23-11-13-24(14-12-23)16-19-4-7-21-8-5-19/h4-9H,3,10-16H2,1-2H3. The summed E-state index contributed by atoms with van der Waals surface area (Å²) in [7, 11) is 0. The maximum absolute atomic E-state index is 4.35. The summed E-state index contributed by atoms with van der Waals surface area (Å²) in [6, 6.07) is 6.38. The minimum absolute atomic E-state index is 1.05. The molecule has 0 radical (unpaired) electrons. The van der Waals surface area contributed by atoms with Crippen molar-refractivity contribution in [1.82, 2.24) is 19.8 Å². The third-order valence-electron chi connectivity index (χ3n) is 4.90. The fourth-order valence-electron chi connectivity index (χ4n) is 3.16. The summed E-state index contributed by atoms with van der Waals surface area (Å²) in [6.45, 7) is 11.2. The van der Waals surface area contributed by atoms with Crippen molar-refractivity contribution in [2.75, 3.05) is 38.5 Å². The first-order chi connectivity index (χ1) is 12.2. The van der Waals surface area contributed by atoms with Gasteiger partial charge in [0.1, 0.15) is 0 Å². The molecule has 0 aliphatic carbocycles. The van der Waals surface area contributed by atoms with Gasteiger partial charge < -0.3 is 4.90 Å². The highest BCUT2D eigenvalue weighted by atomic mass is 32.2.